The molecule has 0 spiro atoms. The van der Waals surface area contributed by atoms with Gasteiger partial charge in [0.15, 0.2) is 0 Å². The number of rotatable bonds is 4. The Balaban J connectivity index is 0.00000171. The van der Waals surface area contributed by atoms with E-state index in [4.69, 9.17) is 0 Å². The van der Waals surface area contributed by atoms with E-state index >= 15 is 0 Å². The van der Waals surface area contributed by atoms with Gasteiger partial charge in [-0.2, -0.15) is 0 Å². The van der Waals surface area contributed by atoms with Gasteiger partial charge in [-0.15, -0.1) is 0 Å². The molecular weight excluding hydrogens is 458 g/mol. The average Bonchev–Trinajstić information content (AvgIpc) is 2.66. The van der Waals surface area contributed by atoms with Crippen LogP contribution in [0.3, 0.4) is 0 Å². The van der Waals surface area contributed by atoms with Crippen LogP contribution in [0, 0.1) is 0 Å². The fourth-order valence-electron chi connectivity index (χ4n) is 3.48. The van der Waals surface area contributed by atoms with Gasteiger partial charge in [-0.3, -0.25) is 0 Å². The van der Waals surface area contributed by atoms with E-state index < -0.39 is 20.2 Å². The van der Waals surface area contributed by atoms with Crippen LogP contribution in [-0.4, -0.2) is 25.9 Å². The molecule has 0 N–H and O–H groups in total. The predicted molar refractivity (Wildman–Crippen MR) is 107 cm³/mol. The van der Waals surface area contributed by atoms with Gasteiger partial charge in [0.25, 0.3) is 0 Å². The third-order valence-electron chi connectivity index (χ3n) is 4.84. The quantitative estimate of drug-likeness (QED) is 0.238. The molecule has 4 aromatic rings. The second-order valence-corrected chi connectivity index (χ2v) is 9.44. The van der Waals surface area contributed by atoms with Crippen molar-refractivity contribution < 1.29 is 85.1 Å². The molecule has 148 valence electrons. The third-order valence-corrected chi connectivity index (χ3v) is 6.51. The number of benzene rings is 4. The molecule has 0 radical (unpaired) electrons. The fraction of sp³-hybridized carbons (Fsp3) is 0.0476. The summed E-state index contributed by atoms with van der Waals surface area (Å²) in [7, 11) is -9.07. The number of hydrogen-bond donors (Lipinski definition) is 0. The molecule has 0 saturated heterocycles. The summed E-state index contributed by atoms with van der Waals surface area (Å²) < 4.78 is 67.7. The second-order valence-electron chi connectivity index (χ2n) is 6.69. The van der Waals surface area contributed by atoms with Crippen molar-refractivity contribution in [3.05, 3.63) is 83.9 Å². The smallest absolute Gasteiger partial charge is 0.744 e. The maximum atomic E-state index is 11.3. The molecule has 0 bridgehead atoms. The zero-order valence-corrected chi connectivity index (χ0v) is 22.5. The molecule has 10 heteroatoms. The summed E-state index contributed by atoms with van der Waals surface area (Å²) in [5, 5.41) is 2.91. The Bertz CT molecular complexity index is 1370. The van der Waals surface area contributed by atoms with Gasteiger partial charge in [-0.25, -0.2) is 16.8 Å². The van der Waals surface area contributed by atoms with Crippen LogP contribution in [0.5, 0.6) is 0 Å². The molecule has 4 rings (SSSR count). The van der Waals surface area contributed by atoms with Crippen molar-refractivity contribution in [3.63, 3.8) is 0 Å². The second kappa shape index (κ2) is 10.0. The van der Waals surface area contributed by atoms with Gasteiger partial charge >= 0.3 is 59.1 Å². The summed E-state index contributed by atoms with van der Waals surface area (Å²) in [6.07, 6.45) is 0.502. The molecular formula is C21H14Na2O6S2. The molecule has 0 atom stereocenters. The third kappa shape index (κ3) is 5.78. The number of hydrogen-bond acceptors (Lipinski definition) is 6. The largest absolute Gasteiger partial charge is 1.00 e. The fourth-order valence-corrected chi connectivity index (χ4v) is 4.49. The van der Waals surface area contributed by atoms with Crippen LogP contribution < -0.4 is 59.1 Å². The van der Waals surface area contributed by atoms with Crippen LogP contribution >= 0.6 is 0 Å². The molecule has 31 heavy (non-hydrogen) atoms. The van der Waals surface area contributed by atoms with E-state index in [1.165, 1.54) is 24.3 Å². The molecule has 4 aromatic carbocycles. The SMILES string of the molecule is O=S(=O)([O-])c1ccc2c(Cc3cccc4cc(S(=O)(=O)[O-])ccc34)cccc2c1.[Na+].[Na+]. The van der Waals surface area contributed by atoms with E-state index in [0.717, 1.165) is 21.9 Å². The van der Waals surface area contributed by atoms with Crippen LogP contribution in [0.2, 0.25) is 0 Å². The van der Waals surface area contributed by atoms with Crippen LogP contribution in [-0.2, 0) is 26.7 Å². The Morgan fingerprint density at radius 1 is 0.581 bits per heavy atom. The molecule has 0 unspecified atom stereocenters. The van der Waals surface area contributed by atoms with Crippen molar-refractivity contribution in [2.24, 2.45) is 0 Å². The summed E-state index contributed by atoms with van der Waals surface area (Å²) in [4.78, 5) is -0.558. The van der Waals surface area contributed by atoms with E-state index in [2.05, 4.69) is 0 Å². The first kappa shape index (κ1) is 26.5. The van der Waals surface area contributed by atoms with E-state index in [0.29, 0.717) is 17.2 Å². The molecule has 0 aliphatic rings. The van der Waals surface area contributed by atoms with Crippen molar-refractivity contribution in [3.8, 4) is 0 Å². The first-order valence-electron chi connectivity index (χ1n) is 8.58. The van der Waals surface area contributed by atoms with Crippen LogP contribution in [0.15, 0.2) is 82.6 Å². The van der Waals surface area contributed by atoms with Crippen LogP contribution in [0.25, 0.3) is 21.5 Å². The first-order chi connectivity index (χ1) is 13.6. The van der Waals surface area contributed by atoms with E-state index in [1.807, 2.05) is 12.1 Å². The first-order valence-corrected chi connectivity index (χ1v) is 11.4. The molecule has 0 heterocycles. The van der Waals surface area contributed by atoms with E-state index in [-0.39, 0.29) is 68.9 Å². The summed E-state index contributed by atoms with van der Waals surface area (Å²) in [5.74, 6) is 0. The maximum absolute atomic E-state index is 11.3. The Kier molecular flexibility index (Phi) is 8.55. The van der Waals surface area contributed by atoms with Gasteiger partial charge in [0.05, 0.1) is 9.79 Å². The molecule has 6 nitrogen and oxygen atoms in total. The molecule has 0 aliphatic carbocycles. The van der Waals surface area contributed by atoms with Gasteiger partial charge in [0, 0.05) is 0 Å². The van der Waals surface area contributed by atoms with Gasteiger partial charge < -0.3 is 9.11 Å². The molecule has 0 aliphatic heterocycles. The predicted octanol–water partition coefficient (Wildman–Crippen LogP) is -2.60. The van der Waals surface area contributed by atoms with Crippen molar-refractivity contribution in [1.82, 2.24) is 0 Å². The summed E-state index contributed by atoms with van der Waals surface area (Å²) >= 11 is 0. The minimum atomic E-state index is -4.54. The summed E-state index contributed by atoms with van der Waals surface area (Å²) in [5.41, 5.74) is 1.84. The van der Waals surface area contributed by atoms with Crippen LogP contribution in [0.4, 0.5) is 0 Å². The van der Waals surface area contributed by atoms with Crippen molar-refractivity contribution in [2.75, 3.05) is 0 Å². The number of fused-ring (bicyclic) bond motifs is 2. The van der Waals surface area contributed by atoms with Crippen molar-refractivity contribution >= 4 is 41.8 Å². The van der Waals surface area contributed by atoms with Crippen LogP contribution in [0.1, 0.15) is 11.1 Å². The maximum Gasteiger partial charge on any atom is 1.00 e. The van der Waals surface area contributed by atoms with E-state index in [1.54, 1.807) is 36.4 Å². The van der Waals surface area contributed by atoms with Gasteiger partial charge in [0.2, 0.25) is 0 Å². The Labute approximate surface area is 224 Å². The molecule has 0 amide bonds. The molecule has 0 fully saturated rings. The van der Waals surface area contributed by atoms with Gasteiger partial charge in [-0.05, 0) is 63.4 Å². The average molecular weight is 472 g/mol. The topological polar surface area (TPSA) is 114 Å². The minimum absolute atomic E-state index is 0. The van der Waals surface area contributed by atoms with Crippen molar-refractivity contribution in [2.45, 2.75) is 16.2 Å². The Morgan fingerprint density at radius 2 is 0.968 bits per heavy atom. The zero-order valence-electron chi connectivity index (χ0n) is 16.9. The standard InChI is InChI=1S/C21H16O6S2.2Na/c22-28(23,24)18-7-9-20-14(3-1-5-16(20)12-18)11-15-4-2-6-17-13-19(29(25,26)27)8-10-21(15)17;;/h1-10,12-13H,11H2,(H,22,23,24)(H,25,26,27);;/q;2*+1/p-2. The van der Waals surface area contributed by atoms with Gasteiger partial charge in [0.1, 0.15) is 20.2 Å². The monoisotopic (exact) mass is 472 g/mol. The Hall–Kier alpha value is -0.780. The van der Waals surface area contributed by atoms with Gasteiger partial charge in [-0.1, -0.05) is 48.5 Å². The normalized spacial score (nSPS) is 11.7. The summed E-state index contributed by atoms with van der Waals surface area (Å²) in [6.45, 7) is 0. The Morgan fingerprint density at radius 3 is 1.32 bits per heavy atom. The van der Waals surface area contributed by atoms with E-state index in [9.17, 15) is 25.9 Å². The molecule has 0 saturated carbocycles. The summed E-state index contributed by atoms with van der Waals surface area (Å²) in [6, 6.07) is 19.4. The zero-order chi connectivity index (χ0) is 20.8. The minimum Gasteiger partial charge on any atom is -0.744 e. The van der Waals surface area contributed by atoms with Crippen molar-refractivity contribution in [1.29, 1.82) is 0 Å². The molecule has 0 aromatic heterocycles.